The molecule has 1 heterocycles. The Kier molecular flexibility index (Phi) is 3.30. The molecule has 3 heteroatoms. The molecule has 0 aromatic carbocycles. The molecule has 1 fully saturated rings. The van der Waals surface area contributed by atoms with Crippen LogP contribution in [0.2, 0.25) is 0 Å². The van der Waals surface area contributed by atoms with Gasteiger partial charge in [-0.25, -0.2) is 0 Å². The van der Waals surface area contributed by atoms with Gasteiger partial charge in [-0.3, -0.25) is 4.90 Å². The number of aliphatic hydroxyl groups is 2. The van der Waals surface area contributed by atoms with Crippen LogP contribution in [0.3, 0.4) is 0 Å². The van der Waals surface area contributed by atoms with E-state index in [-0.39, 0.29) is 12.7 Å². The second-order valence-corrected chi connectivity index (χ2v) is 3.48. The molecule has 0 spiro atoms. The van der Waals surface area contributed by atoms with Gasteiger partial charge in [0.2, 0.25) is 0 Å². The van der Waals surface area contributed by atoms with E-state index in [9.17, 15) is 5.11 Å². The molecule has 0 radical (unpaired) electrons. The molecule has 1 aliphatic heterocycles. The fourth-order valence-electron chi connectivity index (χ4n) is 1.75. The third-order valence-corrected chi connectivity index (χ3v) is 2.13. The lowest BCUT2D eigenvalue weighted by Gasteiger charge is -2.33. The van der Waals surface area contributed by atoms with Gasteiger partial charge >= 0.3 is 0 Å². The van der Waals surface area contributed by atoms with E-state index in [4.69, 9.17) is 5.11 Å². The first-order valence-corrected chi connectivity index (χ1v) is 4.23. The van der Waals surface area contributed by atoms with Crippen molar-refractivity contribution in [3.8, 4) is 0 Å². The molecule has 1 saturated heterocycles. The topological polar surface area (TPSA) is 43.7 Å². The number of aliphatic hydroxyl groups excluding tert-OH is 2. The van der Waals surface area contributed by atoms with E-state index < -0.39 is 0 Å². The molecule has 0 aromatic rings. The maximum absolute atomic E-state index is 9.35. The van der Waals surface area contributed by atoms with Gasteiger partial charge in [-0.1, -0.05) is 6.92 Å². The zero-order chi connectivity index (χ0) is 8.27. The van der Waals surface area contributed by atoms with Gasteiger partial charge in [0.25, 0.3) is 0 Å². The first kappa shape index (κ1) is 8.97. The third-order valence-electron chi connectivity index (χ3n) is 2.13. The highest BCUT2D eigenvalue weighted by atomic mass is 16.3. The van der Waals surface area contributed by atoms with Crippen LogP contribution in [0, 0.1) is 5.92 Å². The molecule has 11 heavy (non-hydrogen) atoms. The van der Waals surface area contributed by atoms with E-state index in [1.807, 2.05) is 0 Å². The average molecular weight is 159 g/mol. The minimum Gasteiger partial charge on any atom is -0.395 e. The van der Waals surface area contributed by atoms with E-state index in [1.165, 1.54) is 0 Å². The zero-order valence-electron chi connectivity index (χ0n) is 7.03. The monoisotopic (exact) mass is 159 g/mol. The van der Waals surface area contributed by atoms with Gasteiger partial charge in [0.1, 0.15) is 0 Å². The lowest BCUT2D eigenvalue weighted by atomic mass is 9.98. The molecule has 2 atom stereocenters. The van der Waals surface area contributed by atoms with Gasteiger partial charge in [0.05, 0.1) is 12.7 Å². The molecule has 0 amide bonds. The van der Waals surface area contributed by atoms with E-state index in [0.717, 1.165) is 19.5 Å². The summed E-state index contributed by atoms with van der Waals surface area (Å²) in [6.45, 7) is 4.76. The molecule has 3 nitrogen and oxygen atoms in total. The summed E-state index contributed by atoms with van der Waals surface area (Å²) in [6, 6.07) is 0. The van der Waals surface area contributed by atoms with Gasteiger partial charge in [-0.15, -0.1) is 0 Å². The first-order valence-electron chi connectivity index (χ1n) is 4.23. The van der Waals surface area contributed by atoms with Crippen LogP contribution in [0.15, 0.2) is 0 Å². The molecule has 0 aliphatic carbocycles. The normalized spacial score (nSPS) is 34.1. The Morgan fingerprint density at radius 1 is 1.45 bits per heavy atom. The summed E-state index contributed by atoms with van der Waals surface area (Å²) in [7, 11) is 0. The first-order chi connectivity index (χ1) is 5.22. The number of β-amino-alcohol motifs (C(OH)–C–C–N with tert-alkyl or cyclic N) is 2. The van der Waals surface area contributed by atoms with Crippen LogP contribution in [-0.4, -0.2) is 47.5 Å². The minimum atomic E-state index is -0.190. The maximum atomic E-state index is 9.35. The summed E-state index contributed by atoms with van der Waals surface area (Å²) < 4.78 is 0. The lowest BCUT2D eigenvalue weighted by Crippen LogP contribution is -2.43. The zero-order valence-corrected chi connectivity index (χ0v) is 7.03. The second kappa shape index (κ2) is 4.04. The highest BCUT2D eigenvalue weighted by Crippen LogP contribution is 2.15. The highest BCUT2D eigenvalue weighted by molar-refractivity contribution is 4.75. The molecule has 0 aromatic heterocycles. The minimum absolute atomic E-state index is 0.190. The van der Waals surface area contributed by atoms with Crippen LogP contribution in [-0.2, 0) is 0 Å². The third kappa shape index (κ3) is 2.77. The fourth-order valence-corrected chi connectivity index (χ4v) is 1.75. The Hall–Kier alpha value is -0.120. The Balaban J connectivity index is 2.30. The maximum Gasteiger partial charge on any atom is 0.0670 e. The van der Waals surface area contributed by atoms with E-state index in [0.29, 0.717) is 12.5 Å². The summed E-state index contributed by atoms with van der Waals surface area (Å²) in [5.74, 6) is 0.560. The summed E-state index contributed by atoms with van der Waals surface area (Å²) in [5.41, 5.74) is 0. The molecular formula is C8H17NO2. The number of likely N-dealkylation sites (tertiary alicyclic amines) is 1. The molecule has 2 unspecified atom stereocenters. The van der Waals surface area contributed by atoms with Crippen molar-refractivity contribution < 1.29 is 10.2 Å². The number of hydrogen-bond acceptors (Lipinski definition) is 3. The van der Waals surface area contributed by atoms with Crippen molar-refractivity contribution >= 4 is 0 Å². The molecule has 0 saturated carbocycles. The van der Waals surface area contributed by atoms with E-state index in [2.05, 4.69) is 11.8 Å². The lowest BCUT2D eigenvalue weighted by molar-refractivity contribution is 0.0368. The summed E-state index contributed by atoms with van der Waals surface area (Å²) in [6.07, 6.45) is 0.715. The van der Waals surface area contributed by atoms with Crippen LogP contribution in [0.5, 0.6) is 0 Å². The van der Waals surface area contributed by atoms with Crippen molar-refractivity contribution in [3.63, 3.8) is 0 Å². The van der Waals surface area contributed by atoms with Crippen molar-refractivity contribution in [3.05, 3.63) is 0 Å². The van der Waals surface area contributed by atoms with E-state index in [1.54, 1.807) is 0 Å². The van der Waals surface area contributed by atoms with Crippen LogP contribution in [0.4, 0.5) is 0 Å². The van der Waals surface area contributed by atoms with Gasteiger partial charge in [0.15, 0.2) is 0 Å². The predicted octanol–water partition coefficient (Wildman–Crippen LogP) is -0.319. The Labute approximate surface area is 67.6 Å². The fraction of sp³-hybridized carbons (Fsp3) is 1.00. The molecule has 2 N–H and O–H groups in total. The van der Waals surface area contributed by atoms with Gasteiger partial charge in [0, 0.05) is 19.6 Å². The standard InChI is InChI=1S/C8H17NO2/c1-7-4-8(11)6-9(5-7)2-3-10/h7-8,10-11H,2-6H2,1H3. The molecule has 66 valence electrons. The SMILES string of the molecule is CC1CC(O)CN(CCO)C1. The van der Waals surface area contributed by atoms with Crippen molar-refractivity contribution in [2.75, 3.05) is 26.2 Å². The van der Waals surface area contributed by atoms with Gasteiger partial charge in [-0.05, 0) is 12.3 Å². The number of piperidine rings is 1. The largest absolute Gasteiger partial charge is 0.395 e. The predicted molar refractivity (Wildman–Crippen MR) is 43.3 cm³/mol. The molecular weight excluding hydrogens is 142 g/mol. The van der Waals surface area contributed by atoms with Crippen LogP contribution in [0.25, 0.3) is 0 Å². The van der Waals surface area contributed by atoms with Crippen molar-refractivity contribution in [2.24, 2.45) is 5.92 Å². The summed E-state index contributed by atoms with van der Waals surface area (Å²) >= 11 is 0. The van der Waals surface area contributed by atoms with Crippen molar-refractivity contribution in [1.29, 1.82) is 0 Å². The summed E-state index contributed by atoms with van der Waals surface area (Å²) in [4.78, 5) is 2.11. The van der Waals surface area contributed by atoms with Crippen LogP contribution >= 0.6 is 0 Å². The van der Waals surface area contributed by atoms with Crippen LogP contribution in [0.1, 0.15) is 13.3 Å². The highest BCUT2D eigenvalue weighted by Gasteiger charge is 2.21. The summed E-state index contributed by atoms with van der Waals surface area (Å²) in [5, 5.41) is 18.0. The Morgan fingerprint density at radius 3 is 2.73 bits per heavy atom. The quantitative estimate of drug-likeness (QED) is 0.580. The Morgan fingerprint density at radius 2 is 2.18 bits per heavy atom. The van der Waals surface area contributed by atoms with Crippen molar-refractivity contribution in [1.82, 2.24) is 4.90 Å². The molecule has 0 bridgehead atoms. The molecule has 1 aliphatic rings. The number of hydrogen-bond donors (Lipinski definition) is 2. The Bertz CT molecular complexity index is 109. The van der Waals surface area contributed by atoms with Gasteiger partial charge in [-0.2, -0.15) is 0 Å². The second-order valence-electron chi connectivity index (χ2n) is 3.48. The van der Waals surface area contributed by atoms with Crippen LogP contribution < -0.4 is 0 Å². The number of rotatable bonds is 2. The van der Waals surface area contributed by atoms with Gasteiger partial charge < -0.3 is 10.2 Å². The van der Waals surface area contributed by atoms with Crippen molar-refractivity contribution in [2.45, 2.75) is 19.4 Å². The number of nitrogens with zero attached hydrogens (tertiary/aromatic N) is 1. The van der Waals surface area contributed by atoms with E-state index >= 15 is 0 Å². The smallest absolute Gasteiger partial charge is 0.0670 e. The average Bonchev–Trinajstić information content (AvgIpc) is 1.85. The molecule has 1 rings (SSSR count).